The summed E-state index contributed by atoms with van der Waals surface area (Å²) in [6, 6.07) is 0. The van der Waals surface area contributed by atoms with Crippen molar-refractivity contribution >= 4 is 0 Å². The van der Waals surface area contributed by atoms with Gasteiger partial charge in [-0.25, -0.2) is 0 Å². The number of hydrogen-bond donors (Lipinski definition) is 1. The van der Waals surface area contributed by atoms with Crippen LogP contribution >= 0.6 is 0 Å². The van der Waals surface area contributed by atoms with Crippen LogP contribution in [0.3, 0.4) is 0 Å². The van der Waals surface area contributed by atoms with Crippen molar-refractivity contribution in [3.63, 3.8) is 0 Å². The van der Waals surface area contributed by atoms with Crippen LogP contribution in [0.2, 0.25) is 0 Å². The van der Waals surface area contributed by atoms with E-state index in [1.165, 1.54) is 19.3 Å². The van der Waals surface area contributed by atoms with Crippen LogP contribution in [-0.2, 0) is 16.9 Å². The second kappa shape index (κ2) is 5.60. The van der Waals surface area contributed by atoms with Crippen molar-refractivity contribution in [1.82, 2.24) is 15.5 Å². The Morgan fingerprint density at radius 2 is 2.12 bits per heavy atom. The molecule has 1 aliphatic rings. The summed E-state index contributed by atoms with van der Waals surface area (Å²) in [5.41, 5.74) is -0.313. The lowest BCUT2D eigenvalue weighted by atomic mass is 9.84. The molecule has 1 aromatic rings. The average Bonchev–Trinajstić information content (AvgIpc) is 2.86. The summed E-state index contributed by atoms with van der Waals surface area (Å²) >= 11 is 0. The zero-order chi connectivity index (χ0) is 12.1. The van der Waals surface area contributed by atoms with E-state index in [9.17, 15) is 0 Å². The van der Waals surface area contributed by atoms with Gasteiger partial charge in [0.1, 0.15) is 5.60 Å². The van der Waals surface area contributed by atoms with Gasteiger partial charge in [-0.2, -0.15) is 4.98 Å². The number of hydrogen-bond acceptors (Lipinski definition) is 5. The lowest BCUT2D eigenvalue weighted by Gasteiger charge is -2.32. The first kappa shape index (κ1) is 12.5. The zero-order valence-corrected chi connectivity index (χ0v) is 10.7. The first-order valence-electron chi connectivity index (χ1n) is 6.39. The molecule has 1 fully saturated rings. The molecule has 0 aromatic carbocycles. The molecule has 0 amide bonds. The fourth-order valence-corrected chi connectivity index (χ4v) is 2.39. The third kappa shape index (κ3) is 2.66. The number of methoxy groups -OCH3 is 1. The van der Waals surface area contributed by atoms with Crippen molar-refractivity contribution in [3.05, 3.63) is 11.7 Å². The van der Waals surface area contributed by atoms with E-state index in [0.29, 0.717) is 18.3 Å². The molecule has 1 aliphatic carbocycles. The Bertz CT molecular complexity index is 345. The van der Waals surface area contributed by atoms with Crippen LogP contribution in [0.25, 0.3) is 0 Å². The standard InChI is InChI=1S/C12H21N3O2/c1-3-13-9-10-14-11(15-17-10)12(16-2)7-5-4-6-8-12/h13H,3-9H2,1-2H3. The van der Waals surface area contributed by atoms with Gasteiger partial charge in [-0.05, 0) is 19.4 Å². The molecule has 0 saturated heterocycles. The summed E-state index contributed by atoms with van der Waals surface area (Å²) in [7, 11) is 1.74. The highest BCUT2D eigenvalue weighted by Crippen LogP contribution is 2.38. The van der Waals surface area contributed by atoms with Gasteiger partial charge in [-0.1, -0.05) is 31.3 Å². The maximum absolute atomic E-state index is 5.68. The number of nitrogens with one attached hydrogen (secondary N) is 1. The minimum Gasteiger partial charge on any atom is -0.370 e. The van der Waals surface area contributed by atoms with Crippen LogP contribution < -0.4 is 5.32 Å². The van der Waals surface area contributed by atoms with E-state index < -0.39 is 0 Å². The summed E-state index contributed by atoms with van der Waals surface area (Å²) in [6.07, 6.45) is 5.59. The molecule has 0 atom stereocenters. The van der Waals surface area contributed by atoms with Crippen molar-refractivity contribution in [1.29, 1.82) is 0 Å². The smallest absolute Gasteiger partial charge is 0.240 e. The fraction of sp³-hybridized carbons (Fsp3) is 0.833. The topological polar surface area (TPSA) is 60.2 Å². The first-order valence-corrected chi connectivity index (χ1v) is 6.39. The molecule has 1 heterocycles. The van der Waals surface area contributed by atoms with Gasteiger partial charge in [0.25, 0.3) is 0 Å². The number of aromatic nitrogens is 2. The first-order chi connectivity index (χ1) is 8.30. The third-order valence-electron chi connectivity index (χ3n) is 3.45. The quantitative estimate of drug-likeness (QED) is 0.851. The summed E-state index contributed by atoms with van der Waals surface area (Å²) in [4.78, 5) is 4.45. The van der Waals surface area contributed by atoms with Crippen LogP contribution in [0.15, 0.2) is 4.52 Å². The normalized spacial score (nSPS) is 19.4. The van der Waals surface area contributed by atoms with E-state index in [1.54, 1.807) is 7.11 Å². The molecule has 2 rings (SSSR count). The second-order valence-corrected chi connectivity index (χ2v) is 4.55. The Balaban J connectivity index is 2.10. The summed E-state index contributed by atoms with van der Waals surface area (Å²) in [6.45, 7) is 3.57. The molecule has 5 heteroatoms. The van der Waals surface area contributed by atoms with E-state index in [0.717, 1.165) is 19.4 Å². The van der Waals surface area contributed by atoms with Crippen molar-refractivity contribution in [2.75, 3.05) is 13.7 Å². The molecule has 1 saturated carbocycles. The fourth-order valence-electron chi connectivity index (χ4n) is 2.39. The molecule has 1 N–H and O–H groups in total. The Morgan fingerprint density at radius 3 is 2.76 bits per heavy atom. The van der Waals surface area contributed by atoms with E-state index >= 15 is 0 Å². The van der Waals surface area contributed by atoms with E-state index in [2.05, 4.69) is 22.4 Å². The maximum Gasteiger partial charge on any atom is 0.240 e. The summed E-state index contributed by atoms with van der Waals surface area (Å²) < 4.78 is 10.9. The highest BCUT2D eigenvalue weighted by molar-refractivity contribution is 5.03. The number of ether oxygens (including phenoxy) is 1. The number of nitrogens with zero attached hydrogens (tertiary/aromatic N) is 2. The Labute approximate surface area is 102 Å². The predicted octanol–water partition coefficient (Wildman–Crippen LogP) is 1.98. The van der Waals surface area contributed by atoms with Crippen molar-refractivity contribution in [3.8, 4) is 0 Å². The van der Waals surface area contributed by atoms with Gasteiger partial charge in [0, 0.05) is 7.11 Å². The van der Waals surface area contributed by atoms with Gasteiger partial charge in [0.15, 0.2) is 0 Å². The molecule has 0 bridgehead atoms. The zero-order valence-electron chi connectivity index (χ0n) is 10.7. The highest BCUT2D eigenvalue weighted by Gasteiger charge is 2.38. The Morgan fingerprint density at radius 1 is 1.35 bits per heavy atom. The van der Waals surface area contributed by atoms with E-state index in [4.69, 9.17) is 9.26 Å². The van der Waals surface area contributed by atoms with Crippen molar-refractivity contribution in [2.24, 2.45) is 0 Å². The minimum absolute atomic E-state index is 0.313. The molecule has 1 aromatic heterocycles. The molecule has 96 valence electrons. The lowest BCUT2D eigenvalue weighted by molar-refractivity contribution is -0.0527. The van der Waals surface area contributed by atoms with Crippen LogP contribution in [0.5, 0.6) is 0 Å². The monoisotopic (exact) mass is 239 g/mol. The van der Waals surface area contributed by atoms with Gasteiger partial charge in [-0.15, -0.1) is 0 Å². The highest BCUT2D eigenvalue weighted by atomic mass is 16.5. The predicted molar refractivity (Wildman–Crippen MR) is 63.5 cm³/mol. The molecule has 0 aliphatic heterocycles. The van der Waals surface area contributed by atoms with Crippen molar-refractivity contribution in [2.45, 2.75) is 51.2 Å². The second-order valence-electron chi connectivity index (χ2n) is 4.55. The average molecular weight is 239 g/mol. The molecular weight excluding hydrogens is 218 g/mol. The van der Waals surface area contributed by atoms with Gasteiger partial charge < -0.3 is 14.6 Å². The summed E-state index contributed by atoms with van der Waals surface area (Å²) in [5.74, 6) is 1.36. The molecule has 0 spiro atoms. The minimum atomic E-state index is -0.313. The largest absolute Gasteiger partial charge is 0.370 e. The van der Waals surface area contributed by atoms with Gasteiger partial charge in [0.2, 0.25) is 11.7 Å². The summed E-state index contributed by atoms with van der Waals surface area (Å²) in [5, 5.41) is 7.26. The van der Waals surface area contributed by atoms with Gasteiger partial charge in [-0.3, -0.25) is 0 Å². The molecule has 17 heavy (non-hydrogen) atoms. The maximum atomic E-state index is 5.68. The van der Waals surface area contributed by atoms with E-state index in [-0.39, 0.29) is 5.60 Å². The van der Waals surface area contributed by atoms with E-state index in [1.807, 2.05) is 0 Å². The lowest BCUT2D eigenvalue weighted by Crippen LogP contribution is -2.32. The molecular formula is C12H21N3O2. The number of rotatable bonds is 5. The molecule has 0 unspecified atom stereocenters. The molecule has 0 radical (unpaired) electrons. The SMILES string of the molecule is CCNCc1nc(C2(OC)CCCCC2)no1. The third-order valence-corrected chi connectivity index (χ3v) is 3.45. The Hall–Kier alpha value is -0.940. The van der Waals surface area contributed by atoms with Crippen molar-refractivity contribution < 1.29 is 9.26 Å². The van der Waals surface area contributed by atoms with Gasteiger partial charge >= 0.3 is 0 Å². The van der Waals surface area contributed by atoms with Crippen LogP contribution in [0.4, 0.5) is 0 Å². The van der Waals surface area contributed by atoms with Crippen LogP contribution in [0.1, 0.15) is 50.7 Å². The van der Waals surface area contributed by atoms with Gasteiger partial charge in [0.05, 0.1) is 6.54 Å². The Kier molecular flexibility index (Phi) is 4.12. The molecule has 5 nitrogen and oxygen atoms in total. The van der Waals surface area contributed by atoms with Crippen LogP contribution in [-0.4, -0.2) is 23.8 Å². The van der Waals surface area contributed by atoms with Crippen LogP contribution in [0, 0.1) is 0 Å².